The summed E-state index contributed by atoms with van der Waals surface area (Å²) in [6.07, 6.45) is 9.23. The summed E-state index contributed by atoms with van der Waals surface area (Å²) in [6.45, 7) is 1.44. The van der Waals surface area contributed by atoms with E-state index in [1.54, 1.807) is 6.20 Å². The van der Waals surface area contributed by atoms with E-state index in [0.29, 0.717) is 6.54 Å². The molecule has 0 unspecified atom stereocenters. The third-order valence-corrected chi connectivity index (χ3v) is 4.35. The van der Waals surface area contributed by atoms with Crippen LogP contribution in [0.4, 0.5) is 5.69 Å². The van der Waals surface area contributed by atoms with Gasteiger partial charge in [-0.25, -0.2) is 4.98 Å². The number of amides is 1. The molecular weight excluding hydrogens is 288 g/mol. The molecule has 2 aromatic rings. The zero-order valence-electron chi connectivity index (χ0n) is 13.3. The number of carbonyl (C=O) groups excluding carboxylic acids is 1. The minimum atomic E-state index is 0.172. The fourth-order valence-corrected chi connectivity index (χ4v) is 3.09. The van der Waals surface area contributed by atoms with E-state index in [0.717, 1.165) is 36.5 Å². The van der Waals surface area contributed by atoms with Gasteiger partial charge in [0.2, 0.25) is 5.91 Å². The summed E-state index contributed by atoms with van der Waals surface area (Å²) < 4.78 is 0. The van der Waals surface area contributed by atoms with E-state index in [-0.39, 0.29) is 11.8 Å². The molecule has 23 heavy (non-hydrogen) atoms. The van der Waals surface area contributed by atoms with Crippen molar-refractivity contribution in [1.82, 2.24) is 15.3 Å². The molecule has 0 aliphatic heterocycles. The molecule has 1 aromatic heterocycles. The fourth-order valence-electron chi connectivity index (χ4n) is 3.09. The Hall–Kier alpha value is -2.14. The maximum absolute atomic E-state index is 12.3. The van der Waals surface area contributed by atoms with Crippen molar-refractivity contribution in [3.8, 4) is 0 Å². The number of hydrogen-bond donors (Lipinski definition) is 3. The Morgan fingerprint density at radius 1 is 1.22 bits per heavy atom. The number of H-pyrrole nitrogens is 1. The van der Waals surface area contributed by atoms with E-state index in [4.69, 9.17) is 0 Å². The van der Waals surface area contributed by atoms with E-state index < -0.39 is 0 Å². The van der Waals surface area contributed by atoms with E-state index in [9.17, 15) is 4.79 Å². The first-order chi connectivity index (χ1) is 11.3. The number of hydrogen-bond acceptors (Lipinski definition) is 3. The molecule has 1 aliphatic rings. The average molecular weight is 312 g/mol. The van der Waals surface area contributed by atoms with Crippen molar-refractivity contribution in [1.29, 1.82) is 0 Å². The van der Waals surface area contributed by atoms with Crippen LogP contribution >= 0.6 is 0 Å². The number of imidazole rings is 1. The summed E-state index contributed by atoms with van der Waals surface area (Å²) in [5, 5.41) is 6.41. The van der Waals surface area contributed by atoms with Gasteiger partial charge in [-0.3, -0.25) is 4.79 Å². The quantitative estimate of drug-likeness (QED) is 0.767. The van der Waals surface area contributed by atoms with Crippen molar-refractivity contribution in [2.24, 2.45) is 5.92 Å². The normalized spacial score (nSPS) is 15.5. The van der Waals surface area contributed by atoms with Gasteiger partial charge in [0.05, 0.1) is 6.54 Å². The number of anilines is 1. The van der Waals surface area contributed by atoms with Crippen LogP contribution in [-0.4, -0.2) is 15.9 Å². The van der Waals surface area contributed by atoms with Crippen LogP contribution < -0.4 is 10.6 Å². The summed E-state index contributed by atoms with van der Waals surface area (Å²) in [4.78, 5) is 19.6. The molecule has 0 saturated heterocycles. The molecule has 1 amide bonds. The highest BCUT2D eigenvalue weighted by molar-refractivity contribution is 5.92. The fraction of sp³-hybridized carbons (Fsp3) is 0.444. The van der Waals surface area contributed by atoms with Gasteiger partial charge >= 0.3 is 0 Å². The Labute approximate surface area is 136 Å². The van der Waals surface area contributed by atoms with Gasteiger partial charge in [-0.1, -0.05) is 31.4 Å². The highest BCUT2D eigenvalue weighted by atomic mass is 16.1. The number of aromatic amines is 1. The van der Waals surface area contributed by atoms with Gasteiger partial charge in [0.25, 0.3) is 0 Å². The molecule has 3 N–H and O–H groups in total. The van der Waals surface area contributed by atoms with Crippen molar-refractivity contribution in [3.05, 3.63) is 48.0 Å². The minimum Gasteiger partial charge on any atom is -0.348 e. The molecule has 1 aliphatic carbocycles. The Balaban J connectivity index is 1.51. The number of carbonyl (C=O) groups is 1. The van der Waals surface area contributed by atoms with Gasteiger partial charge < -0.3 is 15.6 Å². The Bertz CT molecular complexity index is 618. The molecule has 122 valence electrons. The number of rotatable bonds is 6. The highest BCUT2D eigenvalue weighted by Gasteiger charge is 2.20. The molecule has 5 nitrogen and oxygen atoms in total. The zero-order chi connectivity index (χ0) is 15.9. The van der Waals surface area contributed by atoms with Crippen LogP contribution in [0.1, 0.15) is 43.5 Å². The number of nitrogens with one attached hydrogen (secondary N) is 3. The smallest absolute Gasteiger partial charge is 0.227 e. The standard InChI is InChI=1S/C18H24N4O/c23-18(15-6-2-1-3-7-15)22-16-8-4-5-14(11-16)12-19-13-17-20-9-10-21-17/h4-5,8-11,15,19H,1-3,6-7,12-13H2,(H,20,21)(H,22,23). The SMILES string of the molecule is O=C(Nc1cccc(CNCc2ncc[nH]2)c1)C1CCCCC1. The van der Waals surface area contributed by atoms with Crippen LogP contribution in [0.2, 0.25) is 0 Å². The molecule has 1 heterocycles. The molecule has 5 heteroatoms. The van der Waals surface area contributed by atoms with Gasteiger partial charge in [0.1, 0.15) is 5.82 Å². The number of benzene rings is 1. The average Bonchev–Trinajstić information content (AvgIpc) is 3.09. The largest absolute Gasteiger partial charge is 0.348 e. The van der Waals surface area contributed by atoms with Crippen molar-refractivity contribution in [2.75, 3.05) is 5.32 Å². The minimum absolute atomic E-state index is 0.172. The topological polar surface area (TPSA) is 69.8 Å². The van der Waals surface area contributed by atoms with E-state index in [1.807, 2.05) is 24.4 Å². The van der Waals surface area contributed by atoms with Crippen LogP contribution in [0, 0.1) is 5.92 Å². The van der Waals surface area contributed by atoms with Crippen molar-refractivity contribution in [2.45, 2.75) is 45.2 Å². The van der Waals surface area contributed by atoms with Gasteiger partial charge in [-0.2, -0.15) is 0 Å². The monoisotopic (exact) mass is 312 g/mol. The second kappa shape index (κ2) is 7.92. The third kappa shape index (κ3) is 4.66. The first kappa shape index (κ1) is 15.7. The van der Waals surface area contributed by atoms with Crippen molar-refractivity contribution in [3.63, 3.8) is 0 Å². The van der Waals surface area contributed by atoms with E-state index in [1.165, 1.54) is 19.3 Å². The molecule has 0 radical (unpaired) electrons. The first-order valence-corrected chi connectivity index (χ1v) is 8.40. The Morgan fingerprint density at radius 3 is 2.87 bits per heavy atom. The summed E-state index contributed by atoms with van der Waals surface area (Å²) in [5.74, 6) is 1.28. The molecule has 0 atom stereocenters. The highest BCUT2D eigenvalue weighted by Crippen LogP contribution is 2.25. The lowest BCUT2D eigenvalue weighted by molar-refractivity contribution is -0.120. The van der Waals surface area contributed by atoms with E-state index >= 15 is 0 Å². The summed E-state index contributed by atoms with van der Waals surface area (Å²) in [5.41, 5.74) is 2.04. The Kier molecular flexibility index (Phi) is 5.42. The van der Waals surface area contributed by atoms with Crippen LogP contribution in [0.5, 0.6) is 0 Å². The van der Waals surface area contributed by atoms with Gasteiger partial charge in [0.15, 0.2) is 0 Å². The first-order valence-electron chi connectivity index (χ1n) is 8.40. The lowest BCUT2D eigenvalue weighted by Crippen LogP contribution is -2.24. The predicted molar refractivity (Wildman–Crippen MR) is 90.8 cm³/mol. The maximum Gasteiger partial charge on any atom is 0.227 e. The second-order valence-electron chi connectivity index (χ2n) is 6.16. The van der Waals surface area contributed by atoms with Gasteiger partial charge in [0, 0.05) is 30.5 Å². The van der Waals surface area contributed by atoms with E-state index in [2.05, 4.69) is 26.7 Å². The summed E-state index contributed by atoms with van der Waals surface area (Å²) >= 11 is 0. The molecule has 1 fully saturated rings. The zero-order valence-corrected chi connectivity index (χ0v) is 13.3. The second-order valence-corrected chi connectivity index (χ2v) is 6.16. The lowest BCUT2D eigenvalue weighted by Gasteiger charge is -2.20. The molecule has 1 aromatic carbocycles. The molecular formula is C18H24N4O. The Morgan fingerprint density at radius 2 is 2.09 bits per heavy atom. The third-order valence-electron chi connectivity index (χ3n) is 4.35. The summed E-state index contributed by atoms with van der Waals surface area (Å²) in [6, 6.07) is 8.04. The molecule has 3 rings (SSSR count). The van der Waals surface area contributed by atoms with Gasteiger partial charge in [-0.05, 0) is 30.5 Å². The van der Waals surface area contributed by atoms with Crippen LogP contribution in [0.3, 0.4) is 0 Å². The molecule has 0 spiro atoms. The number of aromatic nitrogens is 2. The predicted octanol–water partition coefficient (Wildman–Crippen LogP) is 3.22. The van der Waals surface area contributed by atoms with Crippen LogP contribution in [-0.2, 0) is 17.9 Å². The lowest BCUT2D eigenvalue weighted by atomic mass is 9.88. The number of nitrogens with zero attached hydrogens (tertiary/aromatic N) is 1. The maximum atomic E-state index is 12.3. The van der Waals surface area contributed by atoms with Crippen molar-refractivity contribution >= 4 is 11.6 Å². The van der Waals surface area contributed by atoms with Crippen LogP contribution in [0.25, 0.3) is 0 Å². The molecule has 1 saturated carbocycles. The van der Waals surface area contributed by atoms with Gasteiger partial charge in [-0.15, -0.1) is 0 Å². The van der Waals surface area contributed by atoms with Crippen molar-refractivity contribution < 1.29 is 4.79 Å². The molecule has 0 bridgehead atoms. The summed E-state index contributed by atoms with van der Waals surface area (Å²) in [7, 11) is 0. The van der Waals surface area contributed by atoms with Crippen LogP contribution in [0.15, 0.2) is 36.7 Å².